The minimum atomic E-state index is -4.52. The fourth-order valence-electron chi connectivity index (χ4n) is 6.64. The molecule has 0 aliphatic rings. The summed E-state index contributed by atoms with van der Waals surface area (Å²) in [5.41, 5.74) is 3.40. The number of nitrogens with zero attached hydrogens (tertiary/aromatic N) is 2. The topological polar surface area (TPSA) is 437 Å². The standard InChI is InChI=1S/C25H53N2O6P.C12H24NO8P.C9H18NO8P.C9H14O6/c1-6-7-8-9-10-11-12-13-14-15-16-17-18-19-25(29)24(26-23(2)28)22-33-34(30,31)32-21-20-27(3,4)5;1-10(14)18-8-12(21-11(2)15)9-20-22(16,17)19-7-6-13(3,4)5;1-7(11)15-5-9(18-8(2)12)6-17-19(13,14)16-4-3-10;1-6(10)13-4-9(15-8(3)12)5-14-7(2)11/h24-25,29H,6-22H2,1-5H3,(H-,26,28,30,31);12H,6-9H2,1-5H3;9H,3-6,10H2,1-2H3,(H,13,14);9H,4-5H2,1-3H3/t24-,25+;12-;9-;/m011./s1. The number of aliphatic hydroxyl groups is 1. The van der Waals surface area contributed by atoms with Crippen molar-refractivity contribution < 1.29 is 147 Å². The van der Waals surface area contributed by atoms with E-state index in [1.165, 1.54) is 106 Å². The van der Waals surface area contributed by atoms with E-state index in [0.717, 1.165) is 33.1 Å². The molecule has 35 heteroatoms. The minimum Gasteiger partial charge on any atom is -0.756 e. The number of nitrogens with one attached hydrogen (secondary N) is 1. The van der Waals surface area contributed by atoms with E-state index in [1.807, 2.05) is 42.3 Å². The van der Waals surface area contributed by atoms with Gasteiger partial charge in [0.1, 0.15) is 59.3 Å². The molecule has 1 amide bonds. The lowest BCUT2D eigenvalue weighted by Crippen LogP contribution is -2.52. The number of aliphatic hydroxyl groups excluding tert-OH is 1. The van der Waals surface area contributed by atoms with Crippen LogP contribution in [0.15, 0.2) is 0 Å². The molecule has 0 aromatic heterocycles. The minimum absolute atomic E-state index is 0.0105. The molecule has 0 bridgehead atoms. The lowest BCUT2D eigenvalue weighted by atomic mass is 10.0. The van der Waals surface area contributed by atoms with E-state index in [-0.39, 0.29) is 65.3 Å². The van der Waals surface area contributed by atoms with E-state index in [0.29, 0.717) is 28.5 Å². The number of likely N-dealkylation sites (N-methyl/N-ethyl adjacent to an activating group) is 2. The first-order chi connectivity index (χ1) is 41.6. The number of phosphoric acid groups is 3. The van der Waals surface area contributed by atoms with Gasteiger partial charge in [-0.05, 0) is 6.42 Å². The third-order valence-corrected chi connectivity index (χ3v) is 13.9. The molecule has 90 heavy (non-hydrogen) atoms. The monoisotopic (exact) mass is 1370 g/mol. The Bertz CT molecular complexity index is 2130. The molecule has 0 rings (SSSR count). The summed E-state index contributed by atoms with van der Waals surface area (Å²) < 4.78 is 96.8. The van der Waals surface area contributed by atoms with Crippen LogP contribution in [0, 0.1) is 0 Å². The molecule has 32 nitrogen and oxygen atoms in total. The molecule has 0 heterocycles. The van der Waals surface area contributed by atoms with Crippen molar-refractivity contribution in [2.75, 3.05) is 128 Å². The number of phosphoric ester groups is 3. The molecule has 0 saturated heterocycles. The van der Waals surface area contributed by atoms with Gasteiger partial charge in [0.15, 0.2) is 18.3 Å². The molecular weight excluding hydrogens is 1260 g/mol. The number of carbonyl (C=O) groups is 8. The molecule has 0 aromatic rings. The molecule has 0 fully saturated rings. The lowest BCUT2D eigenvalue weighted by molar-refractivity contribution is -0.870. The average molecular weight is 1370 g/mol. The zero-order valence-corrected chi connectivity index (χ0v) is 58.6. The highest BCUT2D eigenvalue weighted by atomic mass is 31.2. The summed E-state index contributed by atoms with van der Waals surface area (Å²) in [5, 5.41) is 13.1. The van der Waals surface area contributed by atoms with Gasteiger partial charge in [-0.1, -0.05) is 90.4 Å². The van der Waals surface area contributed by atoms with E-state index in [2.05, 4.69) is 50.5 Å². The lowest BCUT2D eigenvalue weighted by Gasteiger charge is -2.29. The fourth-order valence-corrected chi connectivity index (χ4v) is 8.87. The smallest absolute Gasteiger partial charge is 0.303 e. The number of rotatable bonds is 47. The Labute approximate surface area is 532 Å². The van der Waals surface area contributed by atoms with Crippen LogP contribution >= 0.6 is 23.5 Å². The molecule has 532 valence electrons. The van der Waals surface area contributed by atoms with Gasteiger partial charge in [0.25, 0.3) is 23.5 Å². The first-order valence-corrected chi connectivity index (χ1v) is 34.1. The normalized spacial score (nSPS) is 14.6. The van der Waals surface area contributed by atoms with Gasteiger partial charge in [-0.15, -0.1) is 0 Å². The summed E-state index contributed by atoms with van der Waals surface area (Å²) >= 11 is 0. The largest absolute Gasteiger partial charge is 0.756 e. The number of esters is 7. The number of hydrogen-bond donors (Lipinski definition) is 3. The summed E-state index contributed by atoms with van der Waals surface area (Å²) in [7, 11) is -2.04. The first-order valence-electron chi connectivity index (χ1n) is 29.8. The second-order valence-electron chi connectivity index (χ2n) is 22.4. The molecule has 0 spiro atoms. The zero-order valence-electron chi connectivity index (χ0n) is 55.9. The number of amides is 1. The Balaban J connectivity index is -0.000000575. The van der Waals surface area contributed by atoms with Crippen LogP contribution in [0.25, 0.3) is 0 Å². The van der Waals surface area contributed by atoms with E-state index in [4.69, 9.17) is 27.8 Å². The van der Waals surface area contributed by atoms with Crippen molar-refractivity contribution in [3.05, 3.63) is 0 Å². The maximum atomic E-state index is 12.0. The average Bonchev–Trinajstić information content (AvgIpc) is 1.80. The third-order valence-electron chi connectivity index (χ3n) is 11.0. The van der Waals surface area contributed by atoms with Crippen LogP contribution in [0.1, 0.15) is 152 Å². The molecular formula is C55H109N4O28P3. The number of quaternary nitrogens is 3. The van der Waals surface area contributed by atoms with Crippen LogP contribution in [0.2, 0.25) is 0 Å². The molecule has 7 atom stereocenters. The van der Waals surface area contributed by atoms with E-state index in [1.54, 1.807) is 0 Å². The number of unbranched alkanes of at least 4 members (excludes halogenated alkanes) is 12. The highest BCUT2D eigenvalue weighted by Gasteiger charge is 2.25. The number of carbonyl (C=O) groups excluding carboxylic acids is 8. The van der Waals surface area contributed by atoms with Gasteiger partial charge in [-0.3, -0.25) is 52.1 Å². The van der Waals surface area contributed by atoms with Crippen molar-refractivity contribution in [2.24, 2.45) is 0 Å². The maximum absolute atomic E-state index is 12.0. The number of ether oxygens (including phenoxy) is 7. The van der Waals surface area contributed by atoms with Gasteiger partial charge in [-0.25, -0.2) is 0 Å². The Morgan fingerprint density at radius 1 is 0.422 bits per heavy atom. The molecule has 0 aromatic carbocycles. The van der Waals surface area contributed by atoms with Gasteiger partial charge in [0, 0.05) is 55.4 Å². The van der Waals surface area contributed by atoms with Crippen molar-refractivity contribution in [1.29, 1.82) is 0 Å². The van der Waals surface area contributed by atoms with Crippen molar-refractivity contribution in [1.82, 2.24) is 5.32 Å². The van der Waals surface area contributed by atoms with Crippen molar-refractivity contribution in [3.8, 4) is 0 Å². The van der Waals surface area contributed by atoms with E-state index in [9.17, 15) is 71.8 Å². The molecule has 0 radical (unpaired) electrons. The van der Waals surface area contributed by atoms with Crippen LogP contribution in [0.3, 0.4) is 0 Å². The van der Waals surface area contributed by atoms with Gasteiger partial charge in [0.2, 0.25) is 5.91 Å². The molecule has 3 unspecified atom stereocenters. The van der Waals surface area contributed by atoms with Crippen LogP contribution in [-0.4, -0.2) is 220 Å². The Morgan fingerprint density at radius 2 is 0.700 bits per heavy atom. The molecule has 5 N–H and O–H groups in total. The third kappa shape index (κ3) is 71.4. The van der Waals surface area contributed by atoms with Gasteiger partial charge < -0.3 is 100 Å². The van der Waals surface area contributed by atoms with Crippen LogP contribution in [-0.2, 0) is 112 Å². The highest BCUT2D eigenvalue weighted by molar-refractivity contribution is 7.46. The second kappa shape index (κ2) is 53.3. The first kappa shape index (κ1) is 92.3. The summed E-state index contributed by atoms with van der Waals surface area (Å²) in [4.78, 5) is 121. The van der Waals surface area contributed by atoms with Crippen LogP contribution in [0.5, 0.6) is 0 Å². The summed E-state index contributed by atoms with van der Waals surface area (Å²) in [6.45, 7) is 10.8. The Hall–Kier alpha value is -4.07. The quantitative estimate of drug-likeness (QED) is 0.0259. The van der Waals surface area contributed by atoms with Crippen molar-refractivity contribution in [2.45, 2.75) is 183 Å². The SMILES string of the molecule is CC(=O)OCC(COC(C)=O)OC(C)=O.CC(=O)OC[C@H](COP(=O)([O-])OCC[N+](C)(C)C)OC(C)=O.CC(=O)OC[C@H](COP(=O)([O-])OCC[NH3+])OC(C)=O.CCCCCCCCCCCCCCC[C@@H](O)[C@H](COP(=O)([O-])OCC[N+](C)(C)C)NC(C)=O. The summed E-state index contributed by atoms with van der Waals surface area (Å²) in [6, 6.07) is -0.793. The molecule has 0 aliphatic carbocycles. The molecule has 0 aliphatic heterocycles. The Kier molecular flexibility index (Phi) is 54.7. The van der Waals surface area contributed by atoms with Crippen molar-refractivity contribution >= 4 is 71.2 Å². The van der Waals surface area contributed by atoms with Crippen LogP contribution in [0.4, 0.5) is 0 Å². The predicted molar refractivity (Wildman–Crippen MR) is 319 cm³/mol. The highest BCUT2D eigenvalue weighted by Crippen LogP contribution is 2.40. The van der Waals surface area contributed by atoms with E-state index >= 15 is 0 Å². The zero-order chi connectivity index (χ0) is 70.0. The maximum Gasteiger partial charge on any atom is 0.303 e. The van der Waals surface area contributed by atoms with Gasteiger partial charge in [-0.2, -0.15) is 0 Å². The van der Waals surface area contributed by atoms with Crippen molar-refractivity contribution in [3.63, 3.8) is 0 Å². The van der Waals surface area contributed by atoms with Crippen LogP contribution < -0.4 is 25.7 Å². The fraction of sp³-hybridized carbons (Fsp3) is 0.855. The summed E-state index contributed by atoms with van der Waals surface area (Å²) in [6.07, 6.45) is 13.0. The summed E-state index contributed by atoms with van der Waals surface area (Å²) in [5.74, 6) is -4.32. The van der Waals surface area contributed by atoms with E-state index < -0.39 is 109 Å². The van der Waals surface area contributed by atoms with Gasteiger partial charge >= 0.3 is 41.8 Å². The Morgan fingerprint density at radius 3 is 0.967 bits per heavy atom. The second-order valence-corrected chi connectivity index (χ2v) is 26.7. The predicted octanol–water partition coefficient (Wildman–Crippen LogP) is 2.50. The van der Waals surface area contributed by atoms with Gasteiger partial charge in [0.05, 0.1) is 80.8 Å². The number of hydrogen-bond acceptors (Lipinski definition) is 28. The molecule has 0 saturated carbocycles.